The van der Waals surface area contributed by atoms with Crippen molar-refractivity contribution in [2.75, 3.05) is 6.61 Å². The van der Waals surface area contributed by atoms with Gasteiger partial charge in [0.05, 0.1) is 12.5 Å². The molecule has 1 saturated carbocycles. The minimum Gasteiger partial charge on any atom is -0.491 e. The van der Waals surface area contributed by atoms with E-state index in [-0.39, 0.29) is 12.1 Å². The molecule has 1 aliphatic carbocycles. The number of alkyl halides is 1. The third-order valence-corrected chi connectivity index (χ3v) is 4.78. The van der Waals surface area contributed by atoms with Gasteiger partial charge in [-0.3, -0.25) is 4.79 Å². The van der Waals surface area contributed by atoms with Gasteiger partial charge in [-0.15, -0.1) is 0 Å². The van der Waals surface area contributed by atoms with Gasteiger partial charge in [-0.25, -0.2) is 9.07 Å². The molecule has 2 aliphatic rings. The second-order valence-corrected chi connectivity index (χ2v) is 6.61. The van der Waals surface area contributed by atoms with Gasteiger partial charge in [0.1, 0.15) is 11.4 Å². The fourth-order valence-electron chi connectivity index (χ4n) is 3.38. The van der Waals surface area contributed by atoms with Crippen LogP contribution in [-0.4, -0.2) is 33.3 Å². The quantitative estimate of drug-likeness (QED) is 0.762. The summed E-state index contributed by atoms with van der Waals surface area (Å²) in [7, 11) is 0. The third-order valence-electron chi connectivity index (χ3n) is 4.78. The Bertz CT molecular complexity index is 939. The van der Waals surface area contributed by atoms with Crippen LogP contribution in [-0.2, 0) is 6.42 Å². The lowest BCUT2D eigenvalue weighted by molar-refractivity contribution is -0.102. The average Bonchev–Trinajstić information content (AvgIpc) is 3.12. The Morgan fingerprint density at radius 2 is 2.31 bits per heavy atom. The summed E-state index contributed by atoms with van der Waals surface area (Å²) in [6.07, 6.45) is 1.88. The van der Waals surface area contributed by atoms with Gasteiger partial charge in [-0.2, -0.15) is 5.10 Å². The number of carbonyl (C=O) groups excluding carboxylic acids is 1. The van der Waals surface area contributed by atoms with Crippen LogP contribution < -0.4 is 10.5 Å². The molecule has 4 rings (SSSR count). The Morgan fingerprint density at radius 3 is 3.04 bits per heavy atom. The van der Waals surface area contributed by atoms with Crippen LogP contribution in [0.5, 0.6) is 5.75 Å². The number of primary amides is 1. The van der Waals surface area contributed by atoms with Crippen LogP contribution >= 0.6 is 0 Å². The number of carbonyl (C=O) groups is 1. The van der Waals surface area contributed by atoms with Crippen molar-refractivity contribution in [3.8, 4) is 23.3 Å². The van der Waals surface area contributed by atoms with E-state index in [0.717, 1.165) is 5.69 Å². The van der Waals surface area contributed by atoms with E-state index < -0.39 is 17.7 Å². The Hall–Kier alpha value is -2.85. The molecule has 0 bridgehead atoms. The molecule has 1 fully saturated rings. The van der Waals surface area contributed by atoms with Crippen molar-refractivity contribution >= 4 is 5.91 Å². The Kier molecular flexibility index (Phi) is 3.93. The molecule has 1 aliphatic heterocycles. The number of hydrogen-bond acceptors (Lipinski definition) is 4. The maximum atomic E-state index is 14.0. The number of hydrogen-bond donors (Lipinski definition) is 2. The van der Waals surface area contributed by atoms with Crippen molar-refractivity contribution in [1.82, 2.24) is 9.78 Å². The molecule has 2 heterocycles. The van der Waals surface area contributed by atoms with Crippen molar-refractivity contribution in [2.45, 2.75) is 31.5 Å². The summed E-state index contributed by atoms with van der Waals surface area (Å²) in [5.74, 6) is 2.91. The highest BCUT2D eigenvalue weighted by Gasteiger charge is 2.40. The van der Waals surface area contributed by atoms with E-state index in [1.807, 2.05) is 0 Å². The fourth-order valence-corrected chi connectivity index (χ4v) is 3.38. The Labute approximate surface area is 149 Å². The average molecular weight is 355 g/mol. The van der Waals surface area contributed by atoms with Gasteiger partial charge in [-0.05, 0) is 37.1 Å². The molecule has 7 heteroatoms. The summed E-state index contributed by atoms with van der Waals surface area (Å²) in [6.45, 7) is 0.457. The molecule has 3 N–H and O–H groups in total. The van der Waals surface area contributed by atoms with Crippen molar-refractivity contribution in [2.24, 2.45) is 11.7 Å². The second-order valence-electron chi connectivity index (χ2n) is 6.61. The zero-order chi connectivity index (χ0) is 18.3. The highest BCUT2D eigenvalue weighted by atomic mass is 19.2. The molecule has 1 amide bonds. The largest absolute Gasteiger partial charge is 0.491 e. The van der Waals surface area contributed by atoms with Crippen LogP contribution in [0.25, 0.3) is 5.69 Å². The lowest BCUT2D eigenvalue weighted by Crippen LogP contribution is -2.25. The maximum absolute atomic E-state index is 14.0. The summed E-state index contributed by atoms with van der Waals surface area (Å²) in [5.41, 5.74) is 7.64. The van der Waals surface area contributed by atoms with Crippen LogP contribution in [0.1, 0.15) is 41.0 Å². The summed E-state index contributed by atoms with van der Waals surface area (Å²) in [5, 5.41) is 14.0. The van der Waals surface area contributed by atoms with Crippen LogP contribution in [0, 0.1) is 17.8 Å². The van der Waals surface area contributed by atoms with Gasteiger partial charge in [-0.1, -0.05) is 11.8 Å². The number of fused-ring (bicyclic) bond motifs is 3. The van der Waals surface area contributed by atoms with Gasteiger partial charge < -0.3 is 15.6 Å². The summed E-state index contributed by atoms with van der Waals surface area (Å²) < 4.78 is 21.3. The van der Waals surface area contributed by atoms with Gasteiger partial charge in [0, 0.05) is 24.1 Å². The van der Waals surface area contributed by atoms with Gasteiger partial charge in [0.2, 0.25) is 5.85 Å². The van der Waals surface area contributed by atoms with Gasteiger partial charge >= 0.3 is 0 Å². The molecule has 0 spiro atoms. The molecule has 2 aromatic rings. The Morgan fingerprint density at radius 1 is 1.46 bits per heavy atom. The maximum Gasteiger partial charge on any atom is 0.269 e. The summed E-state index contributed by atoms with van der Waals surface area (Å²) in [6, 6.07) is 6.99. The van der Waals surface area contributed by atoms with Crippen molar-refractivity contribution in [3.05, 3.63) is 41.2 Å². The van der Waals surface area contributed by atoms with Crippen molar-refractivity contribution in [3.63, 3.8) is 0 Å². The normalized spacial score (nSPS) is 23.8. The first-order valence-corrected chi connectivity index (χ1v) is 8.53. The first-order valence-electron chi connectivity index (χ1n) is 8.53. The lowest BCUT2D eigenvalue weighted by Gasteiger charge is -2.15. The predicted molar refractivity (Wildman–Crippen MR) is 91.6 cm³/mol. The standard InChI is InChI=1S/C19H18FN3O3/c20-19(25)8-1-2-13(19)5-3-12-4-6-17-16(10-12)23-14(7-9-26-17)11-15(22-23)18(21)24/h4,6,10-11,13,25H,1-2,7-9H2,(H2,21,24). The number of benzene rings is 1. The van der Waals surface area contributed by atoms with E-state index in [2.05, 4.69) is 16.9 Å². The van der Waals surface area contributed by atoms with E-state index >= 15 is 0 Å². The topological polar surface area (TPSA) is 90.4 Å². The third kappa shape index (κ3) is 2.93. The molecule has 0 radical (unpaired) electrons. The van der Waals surface area contributed by atoms with Crippen LogP contribution in [0.15, 0.2) is 24.3 Å². The number of nitrogens with two attached hydrogens (primary N) is 1. The van der Waals surface area contributed by atoms with E-state index in [9.17, 15) is 14.3 Å². The number of halogens is 1. The highest BCUT2D eigenvalue weighted by molar-refractivity contribution is 5.91. The van der Waals surface area contributed by atoms with Crippen LogP contribution in [0.4, 0.5) is 4.39 Å². The molecule has 0 saturated heterocycles. The van der Waals surface area contributed by atoms with E-state index in [1.54, 1.807) is 28.9 Å². The van der Waals surface area contributed by atoms with Gasteiger partial charge in [0.25, 0.3) is 5.91 Å². The lowest BCUT2D eigenvalue weighted by atomic mass is 10.0. The molecule has 2 atom stereocenters. The zero-order valence-corrected chi connectivity index (χ0v) is 14.0. The monoisotopic (exact) mass is 355 g/mol. The Balaban J connectivity index is 1.72. The highest BCUT2D eigenvalue weighted by Crippen LogP contribution is 2.36. The summed E-state index contributed by atoms with van der Waals surface area (Å²) in [4.78, 5) is 11.4. The molecule has 134 valence electrons. The van der Waals surface area contributed by atoms with Crippen LogP contribution in [0.2, 0.25) is 0 Å². The number of rotatable bonds is 1. The second kappa shape index (κ2) is 6.15. The minimum atomic E-state index is -2.21. The molecule has 2 unspecified atom stereocenters. The van der Waals surface area contributed by atoms with Crippen molar-refractivity contribution < 1.29 is 19.0 Å². The molecule has 1 aromatic heterocycles. The number of amides is 1. The SMILES string of the molecule is NC(=O)c1cc2n(n1)-c1cc(C#CC3CCCC3(O)F)ccc1OCC2. The van der Waals surface area contributed by atoms with E-state index in [0.29, 0.717) is 42.9 Å². The fraction of sp³-hybridized carbons (Fsp3) is 0.368. The minimum absolute atomic E-state index is 0.122. The number of ether oxygens (including phenoxy) is 1. The van der Waals surface area contributed by atoms with Gasteiger partial charge in [0.15, 0.2) is 5.69 Å². The van der Waals surface area contributed by atoms with E-state index in [4.69, 9.17) is 10.5 Å². The molecular weight excluding hydrogens is 337 g/mol. The van der Waals surface area contributed by atoms with Crippen molar-refractivity contribution in [1.29, 1.82) is 0 Å². The number of nitrogens with zero attached hydrogens (tertiary/aromatic N) is 2. The zero-order valence-electron chi connectivity index (χ0n) is 14.0. The molecule has 1 aromatic carbocycles. The molecule has 26 heavy (non-hydrogen) atoms. The molecular formula is C19H18FN3O3. The summed E-state index contributed by atoms with van der Waals surface area (Å²) >= 11 is 0. The first-order chi connectivity index (χ1) is 12.4. The number of aromatic nitrogens is 2. The molecule has 6 nitrogen and oxygen atoms in total. The van der Waals surface area contributed by atoms with E-state index in [1.165, 1.54) is 0 Å². The predicted octanol–water partition coefficient (Wildman–Crippen LogP) is 1.72. The number of aliphatic hydroxyl groups is 1. The smallest absolute Gasteiger partial charge is 0.269 e. The first kappa shape index (κ1) is 16.6. The van der Waals surface area contributed by atoms with Crippen LogP contribution in [0.3, 0.4) is 0 Å².